The van der Waals surface area contributed by atoms with Crippen LogP contribution in [0.2, 0.25) is 0 Å². The highest BCUT2D eigenvalue weighted by Gasteiger charge is 2.18. The lowest BCUT2D eigenvalue weighted by atomic mass is 10.1. The lowest BCUT2D eigenvalue weighted by Gasteiger charge is -2.16. The number of nitrogens with one attached hydrogen (secondary N) is 1. The number of aryl methyl sites for hydroxylation is 2. The SMILES string of the molecule is CCCn1nncc1C(NC)c1ccnc(C)n1. The van der Waals surface area contributed by atoms with E-state index >= 15 is 0 Å². The van der Waals surface area contributed by atoms with Crippen molar-refractivity contribution in [3.8, 4) is 0 Å². The highest BCUT2D eigenvalue weighted by atomic mass is 15.4. The van der Waals surface area contributed by atoms with Gasteiger partial charge in [0.15, 0.2) is 0 Å². The molecule has 0 aliphatic carbocycles. The van der Waals surface area contributed by atoms with E-state index in [1.165, 1.54) is 0 Å². The zero-order chi connectivity index (χ0) is 13.0. The maximum atomic E-state index is 4.46. The molecule has 1 atom stereocenters. The van der Waals surface area contributed by atoms with Crippen LogP contribution < -0.4 is 5.32 Å². The maximum Gasteiger partial charge on any atom is 0.125 e. The first-order valence-corrected chi connectivity index (χ1v) is 6.11. The third-order valence-corrected chi connectivity index (χ3v) is 2.76. The van der Waals surface area contributed by atoms with Crippen molar-refractivity contribution in [3.05, 3.63) is 35.7 Å². The van der Waals surface area contributed by atoms with Crippen LogP contribution in [0.1, 0.15) is 36.6 Å². The predicted octanol–water partition coefficient (Wildman–Crippen LogP) is 1.10. The van der Waals surface area contributed by atoms with Crippen molar-refractivity contribution < 1.29 is 0 Å². The zero-order valence-electron chi connectivity index (χ0n) is 11.0. The molecule has 0 spiro atoms. The van der Waals surface area contributed by atoms with Gasteiger partial charge in [-0.3, -0.25) is 0 Å². The molecule has 0 aliphatic rings. The number of hydrogen-bond donors (Lipinski definition) is 1. The van der Waals surface area contributed by atoms with Crippen LogP contribution in [-0.2, 0) is 6.54 Å². The normalized spacial score (nSPS) is 12.6. The van der Waals surface area contributed by atoms with Crippen LogP contribution in [0, 0.1) is 6.92 Å². The highest BCUT2D eigenvalue weighted by Crippen LogP contribution is 2.18. The van der Waals surface area contributed by atoms with Crippen LogP contribution in [0.25, 0.3) is 0 Å². The van der Waals surface area contributed by atoms with Gasteiger partial charge in [-0.1, -0.05) is 12.1 Å². The van der Waals surface area contributed by atoms with Crippen molar-refractivity contribution in [1.82, 2.24) is 30.3 Å². The second-order valence-corrected chi connectivity index (χ2v) is 4.13. The first-order valence-electron chi connectivity index (χ1n) is 6.11. The number of rotatable bonds is 5. The lowest BCUT2D eigenvalue weighted by Crippen LogP contribution is -2.23. The van der Waals surface area contributed by atoms with E-state index in [9.17, 15) is 0 Å². The lowest BCUT2D eigenvalue weighted by molar-refractivity contribution is 0.518. The van der Waals surface area contributed by atoms with Crippen LogP contribution in [-0.4, -0.2) is 32.0 Å². The second kappa shape index (κ2) is 5.68. The molecule has 2 aromatic heterocycles. The Hall–Kier alpha value is -1.82. The fraction of sp³-hybridized carbons (Fsp3) is 0.500. The van der Waals surface area contributed by atoms with Gasteiger partial charge in [0.2, 0.25) is 0 Å². The number of aromatic nitrogens is 5. The molecule has 2 aromatic rings. The quantitative estimate of drug-likeness (QED) is 0.855. The van der Waals surface area contributed by atoms with Crippen molar-refractivity contribution in [2.24, 2.45) is 0 Å². The minimum Gasteiger partial charge on any atom is -0.307 e. The molecular weight excluding hydrogens is 228 g/mol. The van der Waals surface area contributed by atoms with Gasteiger partial charge in [-0.15, -0.1) is 5.10 Å². The van der Waals surface area contributed by atoms with E-state index in [-0.39, 0.29) is 6.04 Å². The minimum absolute atomic E-state index is 0.00625. The van der Waals surface area contributed by atoms with Crippen LogP contribution in [0.3, 0.4) is 0 Å². The summed E-state index contributed by atoms with van der Waals surface area (Å²) in [6, 6.07) is 1.91. The summed E-state index contributed by atoms with van der Waals surface area (Å²) in [4.78, 5) is 8.58. The Labute approximate surface area is 106 Å². The molecule has 0 radical (unpaired) electrons. The molecule has 0 amide bonds. The first-order chi connectivity index (χ1) is 8.76. The molecule has 2 rings (SSSR count). The van der Waals surface area contributed by atoms with Crippen LogP contribution in [0.15, 0.2) is 18.5 Å². The van der Waals surface area contributed by atoms with E-state index in [1.54, 1.807) is 12.4 Å². The number of hydrogen-bond acceptors (Lipinski definition) is 5. The summed E-state index contributed by atoms with van der Waals surface area (Å²) in [5.74, 6) is 0.766. The van der Waals surface area contributed by atoms with Crippen LogP contribution >= 0.6 is 0 Å². The average Bonchev–Trinajstić information content (AvgIpc) is 2.79. The molecule has 18 heavy (non-hydrogen) atoms. The molecule has 0 saturated heterocycles. The van der Waals surface area contributed by atoms with Gasteiger partial charge < -0.3 is 5.32 Å². The Morgan fingerprint density at radius 3 is 2.94 bits per heavy atom. The maximum absolute atomic E-state index is 4.46. The third kappa shape index (κ3) is 2.53. The van der Waals surface area contributed by atoms with Crippen molar-refractivity contribution in [2.75, 3.05) is 7.05 Å². The molecular formula is C12H18N6. The Bertz CT molecular complexity index is 507. The molecule has 6 heteroatoms. The summed E-state index contributed by atoms with van der Waals surface area (Å²) < 4.78 is 1.92. The van der Waals surface area contributed by atoms with Crippen LogP contribution in [0.5, 0.6) is 0 Å². The monoisotopic (exact) mass is 246 g/mol. The van der Waals surface area contributed by atoms with Gasteiger partial charge in [0.25, 0.3) is 0 Å². The summed E-state index contributed by atoms with van der Waals surface area (Å²) in [6.45, 7) is 4.87. The number of nitrogens with zero attached hydrogens (tertiary/aromatic N) is 5. The Morgan fingerprint density at radius 1 is 1.44 bits per heavy atom. The van der Waals surface area contributed by atoms with Crippen molar-refractivity contribution in [3.63, 3.8) is 0 Å². The molecule has 0 saturated carbocycles. The molecule has 1 unspecified atom stereocenters. The smallest absolute Gasteiger partial charge is 0.125 e. The van der Waals surface area contributed by atoms with Crippen molar-refractivity contribution in [2.45, 2.75) is 32.9 Å². The van der Waals surface area contributed by atoms with E-state index < -0.39 is 0 Å². The average molecular weight is 246 g/mol. The summed E-state index contributed by atoms with van der Waals surface area (Å²) in [5, 5.41) is 11.3. The zero-order valence-corrected chi connectivity index (χ0v) is 11.0. The van der Waals surface area contributed by atoms with E-state index in [2.05, 4.69) is 32.5 Å². The standard InChI is InChI=1S/C12H18N6/c1-4-7-18-11(8-15-17-18)12(13-3)10-5-6-14-9(2)16-10/h5-6,8,12-13H,4,7H2,1-3H3. The summed E-state index contributed by atoms with van der Waals surface area (Å²) in [7, 11) is 1.91. The molecule has 0 aliphatic heterocycles. The Balaban J connectivity index is 2.36. The highest BCUT2D eigenvalue weighted by molar-refractivity contribution is 5.19. The second-order valence-electron chi connectivity index (χ2n) is 4.13. The summed E-state index contributed by atoms with van der Waals surface area (Å²) in [6.07, 6.45) is 4.58. The predicted molar refractivity (Wildman–Crippen MR) is 68.0 cm³/mol. The van der Waals surface area contributed by atoms with Gasteiger partial charge in [-0.2, -0.15) is 0 Å². The minimum atomic E-state index is -0.00625. The van der Waals surface area contributed by atoms with Crippen molar-refractivity contribution >= 4 is 0 Å². The first kappa shape index (κ1) is 12.6. The van der Waals surface area contributed by atoms with E-state index in [1.807, 2.05) is 24.7 Å². The van der Waals surface area contributed by atoms with Gasteiger partial charge in [-0.25, -0.2) is 14.6 Å². The fourth-order valence-corrected chi connectivity index (χ4v) is 1.96. The summed E-state index contributed by atoms with van der Waals surface area (Å²) >= 11 is 0. The molecule has 96 valence electrons. The molecule has 2 heterocycles. The molecule has 0 bridgehead atoms. The van der Waals surface area contributed by atoms with Crippen molar-refractivity contribution in [1.29, 1.82) is 0 Å². The fourth-order valence-electron chi connectivity index (χ4n) is 1.96. The Morgan fingerprint density at radius 2 is 2.28 bits per heavy atom. The van der Waals surface area contributed by atoms with Gasteiger partial charge in [-0.05, 0) is 26.5 Å². The largest absolute Gasteiger partial charge is 0.307 e. The van der Waals surface area contributed by atoms with Crippen LogP contribution in [0.4, 0.5) is 0 Å². The third-order valence-electron chi connectivity index (χ3n) is 2.76. The topological polar surface area (TPSA) is 68.5 Å². The van der Waals surface area contributed by atoms with E-state index in [4.69, 9.17) is 0 Å². The van der Waals surface area contributed by atoms with Gasteiger partial charge in [0.1, 0.15) is 5.82 Å². The molecule has 0 fully saturated rings. The molecule has 0 aromatic carbocycles. The summed E-state index contributed by atoms with van der Waals surface area (Å²) in [5.41, 5.74) is 1.96. The Kier molecular flexibility index (Phi) is 3.99. The van der Waals surface area contributed by atoms with Gasteiger partial charge in [0.05, 0.1) is 23.6 Å². The van der Waals surface area contributed by atoms with Gasteiger partial charge in [0, 0.05) is 12.7 Å². The van der Waals surface area contributed by atoms with Gasteiger partial charge >= 0.3 is 0 Å². The molecule has 1 N–H and O–H groups in total. The molecule has 6 nitrogen and oxygen atoms in total. The van der Waals surface area contributed by atoms with E-state index in [0.29, 0.717) is 0 Å². The van der Waals surface area contributed by atoms with E-state index in [0.717, 1.165) is 30.2 Å².